The van der Waals surface area contributed by atoms with Gasteiger partial charge in [0, 0.05) is 24.7 Å². The van der Waals surface area contributed by atoms with Crippen LogP contribution < -0.4 is 16.4 Å². The number of hydrogen-bond donors (Lipinski definition) is 3. The van der Waals surface area contributed by atoms with Crippen LogP contribution in [0.4, 0.5) is 11.4 Å². The fourth-order valence-corrected chi connectivity index (χ4v) is 1.17. The number of rotatable bonds is 4. The van der Waals surface area contributed by atoms with Crippen molar-refractivity contribution >= 4 is 17.3 Å². The summed E-state index contributed by atoms with van der Waals surface area (Å²) in [6.07, 6.45) is 0. The van der Waals surface area contributed by atoms with Gasteiger partial charge in [-0.3, -0.25) is 4.79 Å². The van der Waals surface area contributed by atoms with Crippen LogP contribution in [0.1, 0.15) is 6.92 Å². The van der Waals surface area contributed by atoms with Gasteiger partial charge in [-0.1, -0.05) is 0 Å². The second-order valence-corrected chi connectivity index (χ2v) is 3.15. The molecule has 0 fully saturated rings. The molecule has 0 spiro atoms. The summed E-state index contributed by atoms with van der Waals surface area (Å²) in [4.78, 5) is 10.7. The molecule has 0 heterocycles. The van der Waals surface area contributed by atoms with Gasteiger partial charge in [-0.15, -0.1) is 0 Å². The van der Waals surface area contributed by atoms with Crippen molar-refractivity contribution in [2.45, 2.75) is 6.92 Å². The summed E-state index contributed by atoms with van der Waals surface area (Å²) in [7, 11) is 0. The number of hydrogen-bond acceptors (Lipinski definition) is 1. The van der Waals surface area contributed by atoms with E-state index in [0.717, 1.165) is 18.8 Å². The Morgan fingerprint density at radius 3 is 2.57 bits per heavy atom. The van der Waals surface area contributed by atoms with Crippen LogP contribution in [0.2, 0.25) is 0 Å². The van der Waals surface area contributed by atoms with E-state index < -0.39 is 0 Å². The highest BCUT2D eigenvalue weighted by Crippen LogP contribution is 2.09. The van der Waals surface area contributed by atoms with Crippen LogP contribution in [0.15, 0.2) is 24.3 Å². The minimum Gasteiger partial charge on any atom is -0.353 e. The SMILES string of the molecule is CC(=O)Nc1ccc([NH2+]CC[NH3+])cc1. The van der Waals surface area contributed by atoms with E-state index in [1.807, 2.05) is 24.3 Å². The zero-order valence-electron chi connectivity index (χ0n) is 8.42. The molecule has 1 aromatic carbocycles. The predicted octanol–water partition coefficient (Wildman–Crippen LogP) is -0.918. The Hall–Kier alpha value is -1.39. The highest BCUT2D eigenvalue weighted by atomic mass is 16.1. The zero-order chi connectivity index (χ0) is 10.4. The first-order valence-corrected chi connectivity index (χ1v) is 4.72. The maximum Gasteiger partial charge on any atom is 0.221 e. The van der Waals surface area contributed by atoms with E-state index in [9.17, 15) is 4.79 Å². The Morgan fingerprint density at radius 2 is 2.07 bits per heavy atom. The number of benzene rings is 1. The summed E-state index contributed by atoms with van der Waals surface area (Å²) in [5, 5.41) is 4.85. The summed E-state index contributed by atoms with van der Waals surface area (Å²) in [5.41, 5.74) is 5.78. The molecule has 14 heavy (non-hydrogen) atoms. The molecule has 1 aromatic rings. The number of anilines is 1. The highest BCUT2D eigenvalue weighted by molar-refractivity contribution is 5.88. The average molecular weight is 195 g/mol. The van der Waals surface area contributed by atoms with Crippen LogP contribution in [0.25, 0.3) is 0 Å². The van der Waals surface area contributed by atoms with Crippen LogP contribution in [-0.4, -0.2) is 19.0 Å². The Kier molecular flexibility index (Phi) is 4.10. The lowest BCUT2D eigenvalue weighted by Gasteiger charge is -2.02. The van der Waals surface area contributed by atoms with E-state index in [4.69, 9.17) is 0 Å². The summed E-state index contributed by atoms with van der Waals surface area (Å²) in [6.45, 7) is 3.40. The van der Waals surface area contributed by atoms with Gasteiger partial charge in [0.25, 0.3) is 0 Å². The third-order valence-electron chi connectivity index (χ3n) is 1.82. The van der Waals surface area contributed by atoms with Gasteiger partial charge in [-0.05, 0) is 12.1 Å². The maximum absolute atomic E-state index is 10.7. The van der Waals surface area contributed by atoms with Crippen LogP contribution in [0, 0.1) is 0 Å². The Morgan fingerprint density at radius 1 is 1.43 bits per heavy atom. The summed E-state index contributed by atoms with van der Waals surface area (Å²) >= 11 is 0. The van der Waals surface area contributed by atoms with Gasteiger partial charge in [-0.2, -0.15) is 0 Å². The lowest BCUT2D eigenvalue weighted by molar-refractivity contribution is -0.596. The lowest BCUT2D eigenvalue weighted by Crippen LogP contribution is -2.82. The van der Waals surface area contributed by atoms with Crippen molar-refractivity contribution < 1.29 is 15.8 Å². The number of amides is 1. The molecular weight excluding hydrogens is 178 g/mol. The average Bonchev–Trinajstić information content (AvgIpc) is 2.16. The van der Waals surface area contributed by atoms with E-state index >= 15 is 0 Å². The van der Waals surface area contributed by atoms with Crippen LogP contribution in [0.3, 0.4) is 0 Å². The molecule has 0 aliphatic carbocycles. The Bertz CT molecular complexity index is 295. The summed E-state index contributed by atoms with van der Waals surface area (Å²) < 4.78 is 0. The van der Waals surface area contributed by atoms with Crippen molar-refractivity contribution in [2.75, 3.05) is 18.4 Å². The van der Waals surface area contributed by atoms with Gasteiger partial charge in [0.05, 0.1) is 0 Å². The minimum atomic E-state index is -0.0421. The first-order chi connectivity index (χ1) is 6.72. The molecule has 0 radical (unpaired) electrons. The molecule has 0 bridgehead atoms. The van der Waals surface area contributed by atoms with Gasteiger partial charge in [0.2, 0.25) is 5.91 Å². The Labute approximate surface area is 83.5 Å². The highest BCUT2D eigenvalue weighted by Gasteiger charge is 1.98. The van der Waals surface area contributed by atoms with Crippen molar-refractivity contribution in [2.24, 2.45) is 0 Å². The quantitative estimate of drug-likeness (QED) is 0.534. The molecule has 0 saturated heterocycles. The van der Waals surface area contributed by atoms with Crippen LogP contribution in [-0.2, 0) is 4.79 Å². The third kappa shape index (κ3) is 3.55. The topological polar surface area (TPSA) is 73.3 Å². The molecule has 6 N–H and O–H groups in total. The van der Waals surface area contributed by atoms with Gasteiger partial charge < -0.3 is 16.4 Å². The van der Waals surface area contributed by atoms with Crippen molar-refractivity contribution in [3.05, 3.63) is 24.3 Å². The van der Waals surface area contributed by atoms with Crippen molar-refractivity contribution in [1.29, 1.82) is 0 Å². The molecule has 76 valence electrons. The second-order valence-electron chi connectivity index (χ2n) is 3.15. The molecule has 4 heteroatoms. The fraction of sp³-hybridized carbons (Fsp3) is 0.300. The molecule has 0 aliphatic heterocycles. The van der Waals surface area contributed by atoms with Crippen molar-refractivity contribution in [1.82, 2.24) is 0 Å². The van der Waals surface area contributed by atoms with E-state index in [-0.39, 0.29) is 5.91 Å². The third-order valence-corrected chi connectivity index (χ3v) is 1.82. The fourth-order valence-electron chi connectivity index (χ4n) is 1.17. The molecule has 4 nitrogen and oxygen atoms in total. The predicted molar refractivity (Wildman–Crippen MR) is 55.0 cm³/mol. The zero-order valence-corrected chi connectivity index (χ0v) is 8.42. The number of carbonyl (C=O) groups excluding carboxylic acids is 1. The standard InChI is InChI=1S/C10H15N3O/c1-8(14)13-10-4-2-9(3-5-10)12-7-6-11/h2-5,12H,6-7,11H2,1H3,(H,13,14)/p+2. The Balaban J connectivity index is 2.54. The van der Waals surface area contributed by atoms with Crippen LogP contribution >= 0.6 is 0 Å². The van der Waals surface area contributed by atoms with E-state index in [2.05, 4.69) is 16.4 Å². The number of nitrogens with one attached hydrogen (secondary N) is 1. The largest absolute Gasteiger partial charge is 0.353 e. The molecule has 1 rings (SSSR count). The minimum absolute atomic E-state index is 0.0421. The van der Waals surface area contributed by atoms with Crippen molar-refractivity contribution in [3.63, 3.8) is 0 Å². The molecule has 0 atom stereocenters. The smallest absolute Gasteiger partial charge is 0.221 e. The molecule has 1 amide bonds. The second kappa shape index (κ2) is 5.36. The normalized spacial score (nSPS) is 9.86. The maximum atomic E-state index is 10.7. The van der Waals surface area contributed by atoms with Gasteiger partial charge >= 0.3 is 0 Å². The van der Waals surface area contributed by atoms with E-state index in [1.54, 1.807) is 0 Å². The van der Waals surface area contributed by atoms with E-state index in [1.165, 1.54) is 12.6 Å². The first-order valence-electron chi connectivity index (χ1n) is 4.72. The number of nitrogens with two attached hydrogens (primary N) is 1. The monoisotopic (exact) mass is 195 g/mol. The summed E-state index contributed by atoms with van der Waals surface area (Å²) in [5.74, 6) is -0.0421. The lowest BCUT2D eigenvalue weighted by atomic mass is 10.3. The number of carbonyl (C=O) groups is 1. The van der Waals surface area contributed by atoms with Gasteiger partial charge in [0.1, 0.15) is 18.8 Å². The molecule has 0 unspecified atom stereocenters. The first kappa shape index (κ1) is 10.7. The molecular formula is C10H17N3O+2. The van der Waals surface area contributed by atoms with Crippen molar-refractivity contribution in [3.8, 4) is 0 Å². The molecule has 0 aliphatic rings. The summed E-state index contributed by atoms with van der Waals surface area (Å²) in [6, 6.07) is 7.77. The van der Waals surface area contributed by atoms with Crippen LogP contribution in [0.5, 0.6) is 0 Å². The van der Waals surface area contributed by atoms with Gasteiger partial charge in [-0.25, -0.2) is 0 Å². The number of quaternary nitrogens is 2. The van der Waals surface area contributed by atoms with E-state index in [0.29, 0.717) is 0 Å². The molecule has 0 saturated carbocycles. The van der Waals surface area contributed by atoms with Gasteiger partial charge in [0.15, 0.2) is 0 Å². The molecule has 0 aromatic heterocycles.